The molecule has 6 nitrogen and oxygen atoms in total. The highest BCUT2D eigenvalue weighted by Crippen LogP contribution is 2.24. The van der Waals surface area contributed by atoms with Gasteiger partial charge in [0, 0.05) is 5.25 Å². The molecular weight excluding hydrogens is 328 g/mol. The molecule has 1 atom stereocenters. The molecule has 1 aliphatic heterocycles. The van der Waals surface area contributed by atoms with Gasteiger partial charge in [0.25, 0.3) is 0 Å². The molecule has 120 valence electrons. The number of rotatable bonds is 5. The van der Waals surface area contributed by atoms with E-state index in [1.807, 2.05) is 0 Å². The number of thioether (sulfide) groups is 1. The number of benzene rings is 1. The van der Waals surface area contributed by atoms with E-state index >= 15 is 0 Å². The number of hydrogen-bond donors (Lipinski definition) is 0. The first-order chi connectivity index (χ1) is 10.4. The van der Waals surface area contributed by atoms with Gasteiger partial charge in [-0.1, -0.05) is 0 Å². The van der Waals surface area contributed by atoms with Crippen molar-refractivity contribution in [2.24, 2.45) is 0 Å². The maximum atomic E-state index is 11.7. The lowest BCUT2D eigenvalue weighted by molar-refractivity contribution is -0.131. The Morgan fingerprint density at radius 2 is 1.95 bits per heavy atom. The molecule has 8 heteroatoms. The van der Waals surface area contributed by atoms with Crippen LogP contribution in [-0.2, 0) is 19.4 Å². The standard InChI is InChI=1S/C14H16O6S2/c1-19-14(16)10-2-4-11(5-3-10)20-13(15)8-21-12-6-7-22(17,18)9-12/h2-5,12H,6-9H2,1H3/t12-/m0/s1. The normalized spacial score (nSPS) is 19.6. The molecule has 1 aromatic carbocycles. The topological polar surface area (TPSA) is 86.7 Å². The van der Waals surface area contributed by atoms with Crippen LogP contribution in [-0.4, -0.2) is 50.0 Å². The Kier molecular flexibility index (Phi) is 5.47. The fourth-order valence-electron chi connectivity index (χ4n) is 2.02. The molecule has 0 aromatic heterocycles. The van der Waals surface area contributed by atoms with Crippen LogP contribution in [0.15, 0.2) is 24.3 Å². The van der Waals surface area contributed by atoms with E-state index in [9.17, 15) is 18.0 Å². The highest BCUT2D eigenvalue weighted by molar-refractivity contribution is 8.02. The van der Waals surface area contributed by atoms with Gasteiger partial charge in [0.15, 0.2) is 9.84 Å². The summed E-state index contributed by atoms with van der Waals surface area (Å²) < 4.78 is 32.3. The van der Waals surface area contributed by atoms with Gasteiger partial charge in [-0.05, 0) is 30.7 Å². The van der Waals surface area contributed by atoms with Crippen molar-refractivity contribution in [2.75, 3.05) is 24.4 Å². The number of carbonyl (C=O) groups is 2. The molecule has 0 aliphatic carbocycles. The smallest absolute Gasteiger partial charge is 0.337 e. The lowest BCUT2D eigenvalue weighted by atomic mass is 10.2. The van der Waals surface area contributed by atoms with Crippen LogP contribution in [0.1, 0.15) is 16.8 Å². The van der Waals surface area contributed by atoms with Gasteiger partial charge in [0.1, 0.15) is 5.75 Å². The zero-order chi connectivity index (χ0) is 16.2. The maximum Gasteiger partial charge on any atom is 0.337 e. The second-order valence-electron chi connectivity index (χ2n) is 4.83. The third-order valence-corrected chi connectivity index (χ3v) is 6.39. The summed E-state index contributed by atoms with van der Waals surface area (Å²) in [6.07, 6.45) is 0.577. The van der Waals surface area contributed by atoms with Crippen LogP contribution in [0.5, 0.6) is 5.75 Å². The summed E-state index contributed by atoms with van der Waals surface area (Å²) in [5, 5.41) is -0.0424. The minimum atomic E-state index is -2.93. The van der Waals surface area contributed by atoms with Crippen LogP contribution in [0, 0.1) is 0 Å². The van der Waals surface area contributed by atoms with Gasteiger partial charge in [0.2, 0.25) is 0 Å². The van der Waals surface area contributed by atoms with Crippen molar-refractivity contribution >= 4 is 33.5 Å². The van der Waals surface area contributed by atoms with Crippen LogP contribution < -0.4 is 4.74 Å². The Balaban J connectivity index is 1.81. The average Bonchev–Trinajstić information content (AvgIpc) is 2.84. The highest BCUT2D eigenvalue weighted by Gasteiger charge is 2.28. The minimum absolute atomic E-state index is 0.0424. The lowest BCUT2D eigenvalue weighted by Crippen LogP contribution is -2.15. The second-order valence-corrected chi connectivity index (χ2v) is 8.34. The van der Waals surface area contributed by atoms with Crippen molar-refractivity contribution < 1.29 is 27.5 Å². The van der Waals surface area contributed by atoms with Gasteiger partial charge in [0.05, 0.1) is 29.9 Å². The summed E-state index contributed by atoms with van der Waals surface area (Å²) in [7, 11) is -1.65. The summed E-state index contributed by atoms with van der Waals surface area (Å²) in [5.74, 6) is -0.167. The fraction of sp³-hybridized carbons (Fsp3) is 0.429. The lowest BCUT2D eigenvalue weighted by Gasteiger charge is -2.08. The predicted molar refractivity (Wildman–Crippen MR) is 82.9 cm³/mol. The molecule has 0 bridgehead atoms. The number of sulfone groups is 1. The molecule has 1 heterocycles. The summed E-state index contributed by atoms with van der Waals surface area (Å²) >= 11 is 1.30. The van der Waals surface area contributed by atoms with E-state index in [4.69, 9.17) is 4.74 Å². The van der Waals surface area contributed by atoms with Crippen LogP contribution >= 0.6 is 11.8 Å². The van der Waals surface area contributed by atoms with E-state index in [0.29, 0.717) is 17.7 Å². The van der Waals surface area contributed by atoms with Crippen molar-refractivity contribution in [2.45, 2.75) is 11.7 Å². The van der Waals surface area contributed by atoms with Gasteiger partial charge in [-0.15, -0.1) is 11.8 Å². The van der Waals surface area contributed by atoms with E-state index in [1.54, 1.807) is 0 Å². The van der Waals surface area contributed by atoms with Crippen molar-refractivity contribution in [3.8, 4) is 5.75 Å². The molecule has 1 saturated heterocycles. The Morgan fingerprint density at radius 3 is 2.50 bits per heavy atom. The summed E-state index contributed by atoms with van der Waals surface area (Å²) in [4.78, 5) is 23.0. The fourth-order valence-corrected chi connectivity index (χ4v) is 5.43. The minimum Gasteiger partial charge on any atom is -0.465 e. The Labute approximate surface area is 133 Å². The third-order valence-electron chi connectivity index (χ3n) is 3.13. The van der Waals surface area contributed by atoms with Gasteiger partial charge in [-0.2, -0.15) is 0 Å². The maximum absolute atomic E-state index is 11.7. The predicted octanol–water partition coefficient (Wildman–Crippen LogP) is 1.30. The van der Waals surface area contributed by atoms with Crippen molar-refractivity contribution in [3.05, 3.63) is 29.8 Å². The van der Waals surface area contributed by atoms with Crippen molar-refractivity contribution in [3.63, 3.8) is 0 Å². The van der Waals surface area contributed by atoms with Crippen molar-refractivity contribution in [1.29, 1.82) is 0 Å². The molecule has 1 aliphatic rings. The third kappa shape index (κ3) is 4.74. The number of carbonyl (C=O) groups excluding carboxylic acids is 2. The zero-order valence-electron chi connectivity index (χ0n) is 12.0. The van der Waals surface area contributed by atoms with E-state index in [-0.39, 0.29) is 22.5 Å². The Bertz CT molecular complexity index is 650. The number of esters is 2. The number of hydrogen-bond acceptors (Lipinski definition) is 7. The average molecular weight is 344 g/mol. The van der Waals surface area contributed by atoms with E-state index in [1.165, 1.54) is 43.1 Å². The summed E-state index contributed by atoms with van der Waals surface area (Å²) in [5.41, 5.74) is 0.368. The van der Waals surface area contributed by atoms with E-state index in [0.717, 1.165) is 0 Å². The van der Waals surface area contributed by atoms with Crippen LogP contribution in [0.2, 0.25) is 0 Å². The van der Waals surface area contributed by atoms with Crippen molar-refractivity contribution in [1.82, 2.24) is 0 Å². The molecule has 0 spiro atoms. The first-order valence-electron chi connectivity index (χ1n) is 6.61. The van der Waals surface area contributed by atoms with Crippen LogP contribution in [0.3, 0.4) is 0 Å². The number of methoxy groups -OCH3 is 1. The molecule has 1 fully saturated rings. The zero-order valence-corrected chi connectivity index (χ0v) is 13.6. The van der Waals surface area contributed by atoms with E-state index < -0.39 is 21.8 Å². The SMILES string of the molecule is COC(=O)c1ccc(OC(=O)CS[C@H]2CCS(=O)(=O)C2)cc1. The second kappa shape index (κ2) is 7.15. The van der Waals surface area contributed by atoms with Crippen LogP contribution in [0.25, 0.3) is 0 Å². The molecule has 0 saturated carbocycles. The number of ether oxygens (including phenoxy) is 2. The van der Waals surface area contributed by atoms with Crippen LogP contribution in [0.4, 0.5) is 0 Å². The van der Waals surface area contributed by atoms with Gasteiger partial charge in [-0.3, -0.25) is 4.79 Å². The molecule has 0 N–H and O–H groups in total. The van der Waals surface area contributed by atoms with Gasteiger partial charge < -0.3 is 9.47 Å². The molecule has 0 amide bonds. The molecular formula is C14H16O6S2. The molecule has 2 rings (SSSR count). The first kappa shape index (κ1) is 16.8. The monoisotopic (exact) mass is 344 g/mol. The molecule has 1 aromatic rings. The molecule has 0 radical (unpaired) electrons. The Morgan fingerprint density at radius 1 is 1.27 bits per heavy atom. The quantitative estimate of drug-likeness (QED) is 0.588. The summed E-state index contributed by atoms with van der Waals surface area (Å²) in [6, 6.07) is 6.03. The molecule has 0 unspecified atom stereocenters. The first-order valence-corrected chi connectivity index (χ1v) is 9.48. The summed E-state index contributed by atoms with van der Waals surface area (Å²) in [6.45, 7) is 0. The van der Waals surface area contributed by atoms with Gasteiger partial charge >= 0.3 is 11.9 Å². The Hall–Kier alpha value is -1.54. The van der Waals surface area contributed by atoms with E-state index in [2.05, 4.69) is 4.74 Å². The highest BCUT2D eigenvalue weighted by atomic mass is 32.2. The van der Waals surface area contributed by atoms with Gasteiger partial charge in [-0.25, -0.2) is 13.2 Å². The molecule has 22 heavy (non-hydrogen) atoms. The largest absolute Gasteiger partial charge is 0.465 e.